The number of hydrogen-bond acceptors (Lipinski definition) is 1. The van der Waals surface area contributed by atoms with Crippen LogP contribution in [0.15, 0.2) is 194 Å². The quantitative estimate of drug-likeness (QED) is 0.172. The van der Waals surface area contributed by atoms with E-state index in [9.17, 15) is 4.39 Å². The SMILES string of the molecule is Fc1ccc(-n2c3ccccc3c3cc(-c4ccc5c(c4)c4ccccc4n5-c4ccc(N(c5ccccc5)c5ccccc5)cc4)ccc32)cc1. The molecule has 0 fully saturated rings. The van der Waals surface area contributed by atoms with Crippen molar-refractivity contribution in [3.05, 3.63) is 200 Å². The molecule has 10 rings (SSSR count). The Morgan fingerprint density at radius 2 is 0.712 bits per heavy atom. The summed E-state index contributed by atoms with van der Waals surface area (Å²) < 4.78 is 18.4. The highest BCUT2D eigenvalue weighted by molar-refractivity contribution is 6.12. The number of benzene rings is 8. The van der Waals surface area contributed by atoms with Crippen LogP contribution in [0.25, 0.3) is 66.1 Å². The first kappa shape index (κ1) is 30.0. The fourth-order valence-electron chi connectivity index (χ4n) is 7.80. The fraction of sp³-hybridized carbons (Fsp3) is 0. The molecule has 0 unspecified atom stereocenters. The molecule has 10 aromatic rings. The van der Waals surface area contributed by atoms with Crippen molar-refractivity contribution in [2.45, 2.75) is 0 Å². The standard InChI is InChI=1S/C48H32FN3/c49-35-21-23-39(24-22-35)51-45-17-9-7-15-41(45)43-31-33(19-29-47(43)51)34-20-30-48-44(32-34)42-16-8-10-18-46(42)52(48)40-27-25-38(26-28-40)50(36-11-3-1-4-12-36)37-13-5-2-6-14-37/h1-32H. The summed E-state index contributed by atoms with van der Waals surface area (Å²) in [6, 6.07) is 67.2. The summed E-state index contributed by atoms with van der Waals surface area (Å²) in [5, 5.41) is 4.76. The zero-order chi connectivity index (χ0) is 34.6. The van der Waals surface area contributed by atoms with Gasteiger partial charge in [0.25, 0.3) is 0 Å². The number of rotatable bonds is 6. The predicted molar refractivity (Wildman–Crippen MR) is 215 cm³/mol. The van der Waals surface area contributed by atoms with Crippen molar-refractivity contribution in [2.75, 3.05) is 4.90 Å². The lowest BCUT2D eigenvalue weighted by Gasteiger charge is -2.25. The van der Waals surface area contributed by atoms with Crippen LogP contribution in [0, 0.1) is 5.82 Å². The van der Waals surface area contributed by atoms with Crippen LogP contribution < -0.4 is 4.90 Å². The van der Waals surface area contributed by atoms with Crippen molar-refractivity contribution in [3.63, 3.8) is 0 Å². The Labute approximate surface area is 300 Å². The first-order valence-corrected chi connectivity index (χ1v) is 17.5. The van der Waals surface area contributed by atoms with Gasteiger partial charge in [-0.05, 0) is 120 Å². The molecule has 0 aliphatic heterocycles. The molecule has 246 valence electrons. The Kier molecular flexibility index (Phi) is 7.00. The van der Waals surface area contributed by atoms with Gasteiger partial charge in [0.05, 0.1) is 22.1 Å². The Morgan fingerprint density at radius 3 is 1.19 bits per heavy atom. The largest absolute Gasteiger partial charge is 0.311 e. The number of para-hydroxylation sites is 4. The van der Waals surface area contributed by atoms with Crippen molar-refractivity contribution in [1.82, 2.24) is 9.13 Å². The number of aromatic nitrogens is 2. The molecule has 2 aromatic heterocycles. The van der Waals surface area contributed by atoms with Gasteiger partial charge in [-0.3, -0.25) is 0 Å². The van der Waals surface area contributed by atoms with Gasteiger partial charge in [0, 0.05) is 50.0 Å². The van der Waals surface area contributed by atoms with Crippen LogP contribution >= 0.6 is 0 Å². The molecule has 0 amide bonds. The molecule has 0 saturated carbocycles. The Balaban J connectivity index is 1.08. The van der Waals surface area contributed by atoms with Crippen LogP contribution in [0.5, 0.6) is 0 Å². The zero-order valence-electron chi connectivity index (χ0n) is 28.2. The maximum atomic E-state index is 13.9. The molecule has 0 aliphatic rings. The third-order valence-electron chi connectivity index (χ3n) is 10.2. The fourth-order valence-corrected chi connectivity index (χ4v) is 7.80. The van der Waals surface area contributed by atoms with Gasteiger partial charge in [-0.2, -0.15) is 0 Å². The van der Waals surface area contributed by atoms with Crippen LogP contribution in [0.3, 0.4) is 0 Å². The smallest absolute Gasteiger partial charge is 0.123 e. The normalized spacial score (nSPS) is 11.6. The third-order valence-corrected chi connectivity index (χ3v) is 10.2. The molecule has 0 N–H and O–H groups in total. The molecule has 4 heteroatoms. The van der Waals surface area contributed by atoms with E-state index >= 15 is 0 Å². The average molecular weight is 670 g/mol. The molecule has 0 radical (unpaired) electrons. The van der Waals surface area contributed by atoms with Gasteiger partial charge in [-0.15, -0.1) is 0 Å². The van der Waals surface area contributed by atoms with E-state index in [-0.39, 0.29) is 5.82 Å². The Hall–Kier alpha value is -6.91. The van der Waals surface area contributed by atoms with Crippen molar-refractivity contribution in [3.8, 4) is 22.5 Å². The van der Waals surface area contributed by atoms with Gasteiger partial charge in [0.2, 0.25) is 0 Å². The summed E-state index contributed by atoms with van der Waals surface area (Å²) in [6.07, 6.45) is 0. The Morgan fingerprint density at radius 1 is 0.327 bits per heavy atom. The lowest BCUT2D eigenvalue weighted by molar-refractivity contribution is 0.627. The van der Waals surface area contributed by atoms with Gasteiger partial charge in [-0.25, -0.2) is 4.39 Å². The van der Waals surface area contributed by atoms with Crippen molar-refractivity contribution in [1.29, 1.82) is 0 Å². The third kappa shape index (κ3) is 4.88. The minimum absolute atomic E-state index is 0.238. The van der Waals surface area contributed by atoms with Gasteiger partial charge in [-0.1, -0.05) is 84.9 Å². The zero-order valence-corrected chi connectivity index (χ0v) is 28.2. The summed E-state index contributed by atoms with van der Waals surface area (Å²) >= 11 is 0. The maximum absolute atomic E-state index is 13.9. The minimum atomic E-state index is -0.238. The summed E-state index contributed by atoms with van der Waals surface area (Å²) in [7, 11) is 0. The van der Waals surface area contributed by atoms with E-state index in [0.717, 1.165) is 56.1 Å². The van der Waals surface area contributed by atoms with Gasteiger partial charge >= 0.3 is 0 Å². The van der Waals surface area contributed by atoms with Crippen LogP contribution in [-0.4, -0.2) is 9.13 Å². The van der Waals surface area contributed by atoms with Gasteiger partial charge in [0.1, 0.15) is 5.82 Å². The molecule has 2 heterocycles. The second-order valence-corrected chi connectivity index (χ2v) is 13.2. The highest BCUT2D eigenvalue weighted by Crippen LogP contribution is 2.39. The number of nitrogens with zero attached hydrogens (tertiary/aromatic N) is 3. The number of halogens is 1. The van der Waals surface area contributed by atoms with E-state index in [1.165, 1.54) is 39.2 Å². The van der Waals surface area contributed by atoms with E-state index in [0.29, 0.717) is 0 Å². The predicted octanol–water partition coefficient (Wildman–Crippen LogP) is 13.2. The molecular weight excluding hydrogens is 638 g/mol. The molecule has 0 saturated heterocycles. The molecule has 3 nitrogen and oxygen atoms in total. The number of hydrogen-bond donors (Lipinski definition) is 0. The number of fused-ring (bicyclic) bond motifs is 6. The topological polar surface area (TPSA) is 13.1 Å². The first-order chi connectivity index (χ1) is 25.7. The van der Waals surface area contributed by atoms with E-state index in [2.05, 4.69) is 184 Å². The van der Waals surface area contributed by atoms with Crippen molar-refractivity contribution >= 4 is 60.7 Å². The lowest BCUT2D eigenvalue weighted by Crippen LogP contribution is -2.09. The average Bonchev–Trinajstić information content (AvgIpc) is 3.72. The second-order valence-electron chi connectivity index (χ2n) is 13.2. The molecule has 52 heavy (non-hydrogen) atoms. The van der Waals surface area contributed by atoms with Crippen LogP contribution in [0.1, 0.15) is 0 Å². The summed E-state index contributed by atoms with van der Waals surface area (Å²) in [4.78, 5) is 2.29. The summed E-state index contributed by atoms with van der Waals surface area (Å²) in [6.45, 7) is 0. The summed E-state index contributed by atoms with van der Waals surface area (Å²) in [5.74, 6) is -0.238. The molecule has 0 atom stereocenters. The lowest BCUT2D eigenvalue weighted by atomic mass is 10.0. The Bertz CT molecular complexity index is 2850. The monoisotopic (exact) mass is 669 g/mol. The van der Waals surface area contributed by atoms with E-state index in [1.807, 2.05) is 12.1 Å². The van der Waals surface area contributed by atoms with Gasteiger partial charge in [0.15, 0.2) is 0 Å². The molecule has 0 bridgehead atoms. The van der Waals surface area contributed by atoms with Crippen LogP contribution in [-0.2, 0) is 0 Å². The summed E-state index contributed by atoms with van der Waals surface area (Å²) in [5.41, 5.74) is 12.2. The maximum Gasteiger partial charge on any atom is 0.123 e. The molecule has 0 spiro atoms. The van der Waals surface area contributed by atoms with Gasteiger partial charge < -0.3 is 14.0 Å². The van der Waals surface area contributed by atoms with E-state index in [1.54, 1.807) is 0 Å². The van der Waals surface area contributed by atoms with E-state index in [4.69, 9.17) is 0 Å². The molecular formula is C48H32FN3. The van der Waals surface area contributed by atoms with E-state index < -0.39 is 0 Å². The first-order valence-electron chi connectivity index (χ1n) is 17.5. The molecule has 0 aliphatic carbocycles. The van der Waals surface area contributed by atoms with Crippen molar-refractivity contribution in [2.24, 2.45) is 0 Å². The second kappa shape index (κ2) is 12.1. The highest BCUT2D eigenvalue weighted by Gasteiger charge is 2.17. The highest BCUT2D eigenvalue weighted by atomic mass is 19.1. The molecule has 8 aromatic carbocycles. The van der Waals surface area contributed by atoms with Crippen LogP contribution in [0.2, 0.25) is 0 Å². The van der Waals surface area contributed by atoms with Crippen molar-refractivity contribution < 1.29 is 4.39 Å². The number of anilines is 3. The van der Waals surface area contributed by atoms with Crippen LogP contribution in [0.4, 0.5) is 21.5 Å². The minimum Gasteiger partial charge on any atom is -0.311 e.